The lowest BCUT2D eigenvalue weighted by molar-refractivity contribution is -0.136. The highest BCUT2D eigenvalue weighted by atomic mass is 32.2. The van der Waals surface area contributed by atoms with Crippen LogP contribution in [0.2, 0.25) is 0 Å². The number of aromatic nitrogens is 1. The average molecular weight is 305 g/mol. The predicted octanol–water partition coefficient (Wildman–Crippen LogP) is 3.68. The van der Waals surface area contributed by atoms with E-state index in [0.29, 0.717) is 5.75 Å². The molecule has 0 saturated heterocycles. The number of hydrogen-bond donors (Lipinski definition) is 1. The summed E-state index contributed by atoms with van der Waals surface area (Å²) >= 11 is 1.59. The van der Waals surface area contributed by atoms with Gasteiger partial charge in [-0.2, -0.15) is 0 Å². The smallest absolute Gasteiger partial charge is 0.304 e. The standard InChI is InChI=1S/C16H19NO3S/c1-4-12-10(2)17-14-6-5-11(20-3)9-13(14)16(12)21-8-7-15(18)19/h5-6,9H,4,7-8H2,1-3H3,(H,18,19). The van der Waals surface area contributed by atoms with Gasteiger partial charge in [0.2, 0.25) is 0 Å². The Hall–Kier alpha value is -1.75. The number of carboxylic acids is 1. The van der Waals surface area contributed by atoms with Crippen LogP contribution in [0.1, 0.15) is 24.6 Å². The molecule has 0 atom stereocenters. The Kier molecular flexibility index (Phi) is 5.07. The molecule has 0 radical (unpaired) electrons. The third-order valence-electron chi connectivity index (χ3n) is 3.36. The van der Waals surface area contributed by atoms with E-state index in [4.69, 9.17) is 9.84 Å². The maximum absolute atomic E-state index is 10.7. The molecule has 0 aliphatic carbocycles. The van der Waals surface area contributed by atoms with Crippen molar-refractivity contribution in [1.82, 2.24) is 4.98 Å². The Morgan fingerprint density at radius 2 is 2.19 bits per heavy atom. The van der Waals surface area contributed by atoms with Gasteiger partial charge in [0, 0.05) is 21.7 Å². The number of carboxylic acid groups (broad SMARTS) is 1. The number of nitrogens with zero attached hydrogens (tertiary/aromatic N) is 1. The van der Waals surface area contributed by atoms with Crippen molar-refractivity contribution in [2.24, 2.45) is 0 Å². The van der Waals surface area contributed by atoms with Gasteiger partial charge >= 0.3 is 5.97 Å². The van der Waals surface area contributed by atoms with Crippen molar-refractivity contribution in [3.63, 3.8) is 0 Å². The molecule has 0 saturated carbocycles. The van der Waals surface area contributed by atoms with Crippen molar-refractivity contribution < 1.29 is 14.6 Å². The van der Waals surface area contributed by atoms with Gasteiger partial charge in [-0.05, 0) is 37.1 Å². The van der Waals surface area contributed by atoms with E-state index in [1.54, 1.807) is 18.9 Å². The van der Waals surface area contributed by atoms with Crippen molar-refractivity contribution in [3.05, 3.63) is 29.5 Å². The molecule has 5 heteroatoms. The Morgan fingerprint density at radius 1 is 1.43 bits per heavy atom. The number of aryl methyl sites for hydroxylation is 1. The first-order valence-electron chi connectivity index (χ1n) is 6.88. The number of hydrogen-bond acceptors (Lipinski definition) is 4. The first kappa shape index (κ1) is 15.6. The van der Waals surface area contributed by atoms with E-state index in [9.17, 15) is 4.79 Å². The number of pyridine rings is 1. The molecule has 0 amide bonds. The summed E-state index contributed by atoms with van der Waals surface area (Å²) in [6.07, 6.45) is 1.03. The van der Waals surface area contributed by atoms with E-state index in [2.05, 4.69) is 11.9 Å². The zero-order valence-corrected chi connectivity index (χ0v) is 13.3. The number of methoxy groups -OCH3 is 1. The van der Waals surface area contributed by atoms with Crippen LogP contribution in [0.4, 0.5) is 0 Å². The molecule has 0 bridgehead atoms. The van der Waals surface area contributed by atoms with Crippen LogP contribution >= 0.6 is 11.8 Å². The maximum atomic E-state index is 10.7. The fourth-order valence-corrected chi connectivity index (χ4v) is 3.58. The number of fused-ring (bicyclic) bond motifs is 1. The van der Waals surface area contributed by atoms with E-state index in [0.717, 1.165) is 33.7 Å². The Balaban J connectivity index is 2.52. The second-order valence-electron chi connectivity index (χ2n) is 4.73. The van der Waals surface area contributed by atoms with E-state index >= 15 is 0 Å². The van der Waals surface area contributed by atoms with Gasteiger partial charge in [-0.25, -0.2) is 0 Å². The summed E-state index contributed by atoms with van der Waals surface area (Å²) in [5, 5.41) is 9.86. The summed E-state index contributed by atoms with van der Waals surface area (Å²) in [6, 6.07) is 5.82. The fraction of sp³-hybridized carbons (Fsp3) is 0.375. The average Bonchev–Trinajstić information content (AvgIpc) is 2.46. The molecule has 4 nitrogen and oxygen atoms in total. The molecule has 2 aromatic rings. The largest absolute Gasteiger partial charge is 0.497 e. The molecule has 112 valence electrons. The van der Waals surface area contributed by atoms with Crippen LogP contribution in [-0.2, 0) is 11.2 Å². The van der Waals surface area contributed by atoms with Crippen LogP contribution in [0.5, 0.6) is 5.75 Å². The monoisotopic (exact) mass is 305 g/mol. The summed E-state index contributed by atoms with van der Waals surface area (Å²) in [5.41, 5.74) is 3.11. The Labute approximate surface area is 128 Å². The molecule has 2 rings (SSSR count). The van der Waals surface area contributed by atoms with Crippen LogP contribution in [0.25, 0.3) is 10.9 Å². The van der Waals surface area contributed by atoms with E-state index in [1.165, 1.54) is 5.56 Å². The van der Waals surface area contributed by atoms with Gasteiger partial charge in [-0.3, -0.25) is 9.78 Å². The number of rotatable bonds is 6. The van der Waals surface area contributed by atoms with Crippen LogP contribution in [0.3, 0.4) is 0 Å². The second kappa shape index (κ2) is 6.80. The Morgan fingerprint density at radius 3 is 2.81 bits per heavy atom. The summed E-state index contributed by atoms with van der Waals surface area (Å²) in [6.45, 7) is 4.10. The van der Waals surface area contributed by atoms with E-state index < -0.39 is 5.97 Å². The van der Waals surface area contributed by atoms with Crippen LogP contribution in [0.15, 0.2) is 23.1 Å². The lowest BCUT2D eigenvalue weighted by atomic mass is 10.1. The number of aliphatic carboxylic acids is 1. The molecule has 21 heavy (non-hydrogen) atoms. The SMILES string of the molecule is CCc1c(C)nc2ccc(OC)cc2c1SCCC(=O)O. The van der Waals surface area contributed by atoms with Crippen molar-refractivity contribution in [2.45, 2.75) is 31.6 Å². The molecular formula is C16H19NO3S. The Bertz CT molecular complexity index is 670. The lowest BCUT2D eigenvalue weighted by Gasteiger charge is -2.14. The molecule has 1 heterocycles. The first-order chi connectivity index (χ1) is 10.1. The zero-order chi connectivity index (χ0) is 15.4. The van der Waals surface area contributed by atoms with E-state index in [-0.39, 0.29) is 6.42 Å². The van der Waals surface area contributed by atoms with Gasteiger partial charge in [0.1, 0.15) is 5.75 Å². The number of ether oxygens (including phenoxy) is 1. The molecule has 0 aliphatic rings. The molecule has 0 aliphatic heterocycles. The van der Waals surface area contributed by atoms with Crippen LogP contribution < -0.4 is 4.74 Å². The molecular weight excluding hydrogens is 286 g/mol. The molecule has 0 spiro atoms. The fourth-order valence-electron chi connectivity index (χ4n) is 2.32. The van der Waals surface area contributed by atoms with E-state index in [1.807, 2.05) is 25.1 Å². The van der Waals surface area contributed by atoms with Gasteiger partial charge in [0.15, 0.2) is 0 Å². The van der Waals surface area contributed by atoms with Crippen molar-refractivity contribution in [3.8, 4) is 5.75 Å². The van der Waals surface area contributed by atoms with Gasteiger partial charge < -0.3 is 9.84 Å². The summed E-state index contributed by atoms with van der Waals surface area (Å²) in [7, 11) is 1.64. The van der Waals surface area contributed by atoms with Crippen LogP contribution in [0, 0.1) is 6.92 Å². The van der Waals surface area contributed by atoms with Gasteiger partial charge in [0.05, 0.1) is 19.0 Å². The predicted molar refractivity (Wildman–Crippen MR) is 85.4 cm³/mol. The minimum atomic E-state index is -0.770. The second-order valence-corrected chi connectivity index (χ2v) is 5.84. The van der Waals surface area contributed by atoms with Crippen molar-refractivity contribution in [2.75, 3.05) is 12.9 Å². The maximum Gasteiger partial charge on any atom is 0.304 e. The summed E-state index contributed by atoms with van der Waals surface area (Å²) in [5.74, 6) is 0.571. The van der Waals surface area contributed by atoms with Gasteiger partial charge in [-0.15, -0.1) is 11.8 Å². The van der Waals surface area contributed by atoms with Crippen molar-refractivity contribution >= 4 is 28.6 Å². The minimum absolute atomic E-state index is 0.153. The number of benzene rings is 1. The quantitative estimate of drug-likeness (QED) is 0.825. The highest BCUT2D eigenvalue weighted by Crippen LogP contribution is 2.34. The molecule has 1 aromatic carbocycles. The highest BCUT2D eigenvalue weighted by molar-refractivity contribution is 7.99. The lowest BCUT2D eigenvalue weighted by Crippen LogP contribution is -2.00. The molecule has 1 N–H and O–H groups in total. The molecule has 1 aromatic heterocycles. The molecule has 0 unspecified atom stereocenters. The third-order valence-corrected chi connectivity index (χ3v) is 4.53. The van der Waals surface area contributed by atoms with Gasteiger partial charge in [-0.1, -0.05) is 6.92 Å². The van der Waals surface area contributed by atoms with Gasteiger partial charge in [0.25, 0.3) is 0 Å². The minimum Gasteiger partial charge on any atom is -0.497 e. The third kappa shape index (κ3) is 3.47. The normalized spacial score (nSPS) is 10.8. The van der Waals surface area contributed by atoms with Crippen LogP contribution in [-0.4, -0.2) is 28.9 Å². The molecule has 0 fully saturated rings. The topological polar surface area (TPSA) is 59.4 Å². The first-order valence-corrected chi connectivity index (χ1v) is 7.87. The number of carbonyl (C=O) groups is 1. The zero-order valence-electron chi connectivity index (χ0n) is 12.5. The summed E-state index contributed by atoms with van der Waals surface area (Å²) < 4.78 is 5.29. The number of thioether (sulfide) groups is 1. The van der Waals surface area contributed by atoms with Crippen molar-refractivity contribution in [1.29, 1.82) is 0 Å². The summed E-state index contributed by atoms with van der Waals surface area (Å²) in [4.78, 5) is 16.5. The highest BCUT2D eigenvalue weighted by Gasteiger charge is 2.13.